The van der Waals surface area contributed by atoms with Crippen molar-refractivity contribution in [3.05, 3.63) is 54.8 Å². The number of amides is 1. The number of hydrogen-bond acceptors (Lipinski definition) is 6. The minimum absolute atomic E-state index is 0.112. The lowest BCUT2D eigenvalue weighted by Gasteiger charge is -2.30. The second-order valence-corrected chi connectivity index (χ2v) is 9.77. The molecule has 4 rings (SSSR count). The molecule has 0 spiro atoms. The first kappa shape index (κ1) is 24.6. The largest absolute Gasteiger partial charge is 0.444 e. The molecule has 2 N–H and O–H groups in total. The number of nitrogens with zero attached hydrogens (tertiary/aromatic N) is 4. The number of carbonyl (C=O) groups excluding carboxylic acids is 1. The van der Waals surface area contributed by atoms with Crippen molar-refractivity contribution in [2.45, 2.75) is 58.1 Å². The lowest BCUT2D eigenvalue weighted by molar-refractivity contribution is 0.0488. The molecular formula is C25H30F2N6O2. The highest BCUT2D eigenvalue weighted by Gasteiger charge is 2.25. The van der Waals surface area contributed by atoms with E-state index in [1.165, 1.54) is 35.4 Å². The Kier molecular flexibility index (Phi) is 7.28. The molecule has 0 saturated heterocycles. The predicted molar refractivity (Wildman–Crippen MR) is 128 cm³/mol. The molecule has 35 heavy (non-hydrogen) atoms. The van der Waals surface area contributed by atoms with Gasteiger partial charge in [-0.15, -0.1) is 0 Å². The first-order valence-corrected chi connectivity index (χ1v) is 11.7. The summed E-state index contributed by atoms with van der Waals surface area (Å²) in [6, 6.07) is 3.80. The molecule has 0 atom stereocenters. The van der Waals surface area contributed by atoms with Crippen LogP contribution in [0.15, 0.2) is 43.1 Å². The maximum absolute atomic E-state index is 14.2. The van der Waals surface area contributed by atoms with Crippen molar-refractivity contribution in [2.75, 3.05) is 11.9 Å². The molecule has 1 aliphatic rings. The van der Waals surface area contributed by atoms with E-state index in [0.29, 0.717) is 17.2 Å². The number of hydrogen-bond donors (Lipinski definition) is 2. The number of carbonyl (C=O) groups is 1. The van der Waals surface area contributed by atoms with Crippen LogP contribution in [0.1, 0.15) is 46.5 Å². The fourth-order valence-electron chi connectivity index (χ4n) is 4.20. The van der Waals surface area contributed by atoms with Crippen molar-refractivity contribution in [3.63, 3.8) is 0 Å². The quantitative estimate of drug-likeness (QED) is 0.505. The van der Waals surface area contributed by atoms with E-state index in [9.17, 15) is 13.6 Å². The number of benzene rings is 1. The van der Waals surface area contributed by atoms with Crippen molar-refractivity contribution in [1.29, 1.82) is 0 Å². The Morgan fingerprint density at radius 1 is 1.14 bits per heavy atom. The van der Waals surface area contributed by atoms with Crippen molar-refractivity contribution in [3.8, 4) is 16.9 Å². The van der Waals surface area contributed by atoms with Crippen LogP contribution in [0, 0.1) is 17.6 Å². The van der Waals surface area contributed by atoms with E-state index in [1.54, 1.807) is 12.4 Å². The molecule has 186 valence electrons. The summed E-state index contributed by atoms with van der Waals surface area (Å²) in [6.07, 6.45) is 9.47. The number of alkyl carbamates (subject to hydrolysis) is 1. The van der Waals surface area contributed by atoms with E-state index < -0.39 is 17.2 Å². The maximum Gasteiger partial charge on any atom is 0.407 e. The van der Waals surface area contributed by atoms with E-state index in [4.69, 9.17) is 4.74 Å². The average molecular weight is 485 g/mol. The first-order valence-electron chi connectivity index (χ1n) is 11.7. The van der Waals surface area contributed by atoms with E-state index in [0.717, 1.165) is 37.9 Å². The Morgan fingerprint density at radius 2 is 1.86 bits per heavy atom. The van der Waals surface area contributed by atoms with Crippen LogP contribution in [0.25, 0.3) is 16.9 Å². The van der Waals surface area contributed by atoms with Crippen LogP contribution in [0.4, 0.5) is 19.3 Å². The third kappa shape index (κ3) is 6.32. The molecule has 0 radical (unpaired) electrons. The number of nitrogens with one attached hydrogen (secondary N) is 2. The molecule has 1 aliphatic carbocycles. The summed E-state index contributed by atoms with van der Waals surface area (Å²) >= 11 is 0. The molecule has 0 unspecified atom stereocenters. The molecule has 10 heteroatoms. The van der Waals surface area contributed by atoms with Gasteiger partial charge in [-0.05, 0) is 64.5 Å². The standard InChI is InChI=1S/C25H30F2N6O2/c1-25(2,3)35-24(34)32-18-9-7-16(8-10-18)11-29-21-13-28-15-30-22(21)17-12-31-33(14-17)23-19(26)5-4-6-20(23)27/h4-6,12-16,18,29H,7-11H2,1-3H3,(H,32,34). The number of halogens is 2. The van der Waals surface area contributed by atoms with E-state index >= 15 is 0 Å². The molecule has 8 nitrogen and oxygen atoms in total. The molecule has 1 amide bonds. The summed E-state index contributed by atoms with van der Waals surface area (Å²) in [6.45, 7) is 6.26. The van der Waals surface area contributed by atoms with Crippen LogP contribution >= 0.6 is 0 Å². The zero-order valence-corrected chi connectivity index (χ0v) is 20.1. The number of ether oxygens (including phenoxy) is 1. The van der Waals surface area contributed by atoms with Gasteiger partial charge in [0.1, 0.15) is 17.6 Å². The molecule has 3 aromatic rings. The summed E-state index contributed by atoms with van der Waals surface area (Å²) in [5, 5.41) is 10.5. The highest BCUT2D eigenvalue weighted by molar-refractivity contribution is 5.72. The predicted octanol–water partition coefficient (Wildman–Crippen LogP) is 5.10. The van der Waals surface area contributed by atoms with Crippen molar-refractivity contribution in [2.24, 2.45) is 5.92 Å². The number of rotatable bonds is 6. The summed E-state index contributed by atoms with van der Waals surface area (Å²) < 4.78 is 34.8. The van der Waals surface area contributed by atoms with E-state index in [2.05, 4.69) is 25.7 Å². The number of aromatic nitrogens is 4. The summed E-state index contributed by atoms with van der Waals surface area (Å²) in [5.74, 6) is -0.968. The SMILES string of the molecule is CC(C)(C)OC(=O)NC1CCC(CNc2cncnc2-c2cnn(-c3c(F)cccc3F)c2)CC1. The van der Waals surface area contributed by atoms with Gasteiger partial charge in [-0.25, -0.2) is 28.2 Å². The molecule has 1 fully saturated rings. The second kappa shape index (κ2) is 10.4. The van der Waals surface area contributed by atoms with Gasteiger partial charge < -0.3 is 15.4 Å². The molecular weight excluding hydrogens is 454 g/mol. The fraction of sp³-hybridized carbons (Fsp3) is 0.440. The number of anilines is 1. The smallest absolute Gasteiger partial charge is 0.407 e. The van der Waals surface area contributed by atoms with Gasteiger partial charge in [-0.3, -0.25) is 0 Å². The normalized spacial score (nSPS) is 18.2. The highest BCUT2D eigenvalue weighted by atomic mass is 19.1. The molecule has 2 heterocycles. The van der Waals surface area contributed by atoms with Crippen LogP contribution in [0.3, 0.4) is 0 Å². The Labute approximate surface area is 203 Å². The lowest BCUT2D eigenvalue weighted by atomic mass is 9.86. The van der Waals surface area contributed by atoms with Crippen molar-refractivity contribution >= 4 is 11.8 Å². The zero-order valence-electron chi connectivity index (χ0n) is 20.1. The Hall–Kier alpha value is -3.56. The summed E-state index contributed by atoms with van der Waals surface area (Å²) in [7, 11) is 0. The Bertz CT molecular complexity index is 1150. The molecule has 1 aromatic carbocycles. The van der Waals surface area contributed by atoms with Crippen LogP contribution in [-0.2, 0) is 4.74 Å². The number of para-hydroxylation sites is 1. The summed E-state index contributed by atoms with van der Waals surface area (Å²) in [5.41, 5.74) is 1.18. The molecule has 0 aliphatic heterocycles. The Balaban J connectivity index is 1.36. The highest BCUT2D eigenvalue weighted by Crippen LogP contribution is 2.29. The lowest BCUT2D eigenvalue weighted by Crippen LogP contribution is -2.41. The van der Waals surface area contributed by atoms with E-state index in [1.807, 2.05) is 20.8 Å². The molecule has 0 bridgehead atoms. The zero-order chi connectivity index (χ0) is 25.0. The van der Waals surface area contributed by atoms with Gasteiger partial charge in [-0.2, -0.15) is 5.10 Å². The van der Waals surface area contributed by atoms with Gasteiger partial charge in [0, 0.05) is 24.3 Å². The topological polar surface area (TPSA) is 94.0 Å². The Morgan fingerprint density at radius 3 is 2.54 bits per heavy atom. The van der Waals surface area contributed by atoms with E-state index in [-0.39, 0.29) is 17.8 Å². The molecule has 1 saturated carbocycles. The second-order valence-electron chi connectivity index (χ2n) is 9.77. The third-order valence-electron chi connectivity index (χ3n) is 5.88. The summed E-state index contributed by atoms with van der Waals surface area (Å²) in [4.78, 5) is 20.5. The van der Waals surface area contributed by atoms with Gasteiger partial charge in [0.05, 0.1) is 23.8 Å². The first-order chi connectivity index (χ1) is 16.7. The average Bonchev–Trinajstić information content (AvgIpc) is 3.27. The van der Waals surface area contributed by atoms with Crippen LogP contribution < -0.4 is 10.6 Å². The molecule has 2 aromatic heterocycles. The van der Waals surface area contributed by atoms with Crippen LogP contribution in [0.5, 0.6) is 0 Å². The van der Waals surface area contributed by atoms with Gasteiger partial charge in [0.15, 0.2) is 11.6 Å². The van der Waals surface area contributed by atoms with Gasteiger partial charge in [0.2, 0.25) is 0 Å². The third-order valence-corrected chi connectivity index (χ3v) is 5.88. The van der Waals surface area contributed by atoms with Crippen molar-refractivity contribution < 1.29 is 18.3 Å². The van der Waals surface area contributed by atoms with Gasteiger partial charge in [0.25, 0.3) is 0 Å². The monoisotopic (exact) mass is 484 g/mol. The van der Waals surface area contributed by atoms with Gasteiger partial charge >= 0.3 is 6.09 Å². The maximum atomic E-state index is 14.2. The van der Waals surface area contributed by atoms with Crippen molar-refractivity contribution in [1.82, 2.24) is 25.1 Å². The van der Waals surface area contributed by atoms with Crippen LogP contribution in [-0.4, -0.2) is 44.0 Å². The fourth-order valence-corrected chi connectivity index (χ4v) is 4.20. The van der Waals surface area contributed by atoms with Crippen LogP contribution in [0.2, 0.25) is 0 Å². The minimum Gasteiger partial charge on any atom is -0.444 e. The minimum atomic E-state index is -0.697. The van der Waals surface area contributed by atoms with Gasteiger partial charge in [-0.1, -0.05) is 6.07 Å².